The summed E-state index contributed by atoms with van der Waals surface area (Å²) in [5, 5.41) is 9.57. The molecule has 0 saturated heterocycles. The third-order valence-corrected chi connectivity index (χ3v) is 3.33. The molecule has 0 amide bonds. The highest BCUT2D eigenvalue weighted by atomic mass is 32.2. The van der Waals surface area contributed by atoms with Crippen molar-refractivity contribution < 1.29 is 5.11 Å². The Bertz CT molecular complexity index is 331. The lowest BCUT2D eigenvalue weighted by molar-refractivity contribution is 0.0778. The fourth-order valence-corrected chi connectivity index (χ4v) is 2.50. The van der Waals surface area contributed by atoms with Crippen LogP contribution in [0, 0.1) is 6.92 Å². The lowest BCUT2D eigenvalue weighted by Gasteiger charge is -2.16. The molecule has 0 bridgehead atoms. The maximum Gasteiger partial charge on any atom is 0.0599 e. The van der Waals surface area contributed by atoms with E-state index in [0.717, 1.165) is 28.3 Å². The Morgan fingerprint density at radius 3 is 2.67 bits per heavy atom. The number of rotatable bonds is 4. The van der Waals surface area contributed by atoms with E-state index < -0.39 is 5.60 Å². The van der Waals surface area contributed by atoms with Crippen molar-refractivity contribution in [1.82, 2.24) is 0 Å². The van der Waals surface area contributed by atoms with Crippen molar-refractivity contribution >= 4 is 17.4 Å². The topological polar surface area (TPSA) is 46.2 Å². The Labute approximate surface area is 95.9 Å². The van der Waals surface area contributed by atoms with Crippen LogP contribution in [0.15, 0.2) is 23.1 Å². The van der Waals surface area contributed by atoms with Crippen LogP contribution < -0.4 is 5.73 Å². The number of aryl methyl sites for hydroxylation is 1. The monoisotopic (exact) mass is 225 g/mol. The molecule has 0 fully saturated rings. The number of hydrogen-bond acceptors (Lipinski definition) is 3. The highest BCUT2D eigenvalue weighted by molar-refractivity contribution is 7.99. The zero-order valence-electron chi connectivity index (χ0n) is 9.58. The van der Waals surface area contributed by atoms with Crippen LogP contribution in [0.4, 0.5) is 5.69 Å². The molecule has 1 rings (SSSR count). The molecule has 0 aliphatic heterocycles. The Balaban J connectivity index is 2.55. The molecule has 0 spiro atoms. The normalized spacial score (nSPS) is 11.7. The molecule has 3 N–H and O–H groups in total. The summed E-state index contributed by atoms with van der Waals surface area (Å²) in [7, 11) is 0. The van der Waals surface area contributed by atoms with Crippen LogP contribution >= 0.6 is 11.8 Å². The van der Waals surface area contributed by atoms with E-state index in [-0.39, 0.29) is 0 Å². The molecule has 0 aliphatic carbocycles. The Hall–Kier alpha value is -0.670. The van der Waals surface area contributed by atoms with E-state index in [2.05, 4.69) is 0 Å². The standard InChI is InChI=1S/C12H19NOS/c1-9-5-4-6-10(11(9)13)15-8-7-12(2,3)14/h4-6,14H,7-8,13H2,1-3H3. The average Bonchev–Trinajstić information content (AvgIpc) is 2.10. The van der Waals surface area contributed by atoms with Gasteiger partial charge in [-0.2, -0.15) is 0 Å². The van der Waals surface area contributed by atoms with Gasteiger partial charge in [-0.3, -0.25) is 0 Å². The highest BCUT2D eigenvalue weighted by Crippen LogP contribution is 2.28. The van der Waals surface area contributed by atoms with Crippen molar-refractivity contribution in [3.63, 3.8) is 0 Å². The van der Waals surface area contributed by atoms with E-state index in [4.69, 9.17) is 5.73 Å². The van der Waals surface area contributed by atoms with Crippen LogP contribution in [0.2, 0.25) is 0 Å². The van der Waals surface area contributed by atoms with Gasteiger partial charge in [-0.25, -0.2) is 0 Å². The first-order chi connectivity index (χ1) is 6.90. The molecule has 15 heavy (non-hydrogen) atoms. The minimum absolute atomic E-state index is 0.592. The summed E-state index contributed by atoms with van der Waals surface area (Å²) < 4.78 is 0. The summed E-state index contributed by atoms with van der Waals surface area (Å²) in [6, 6.07) is 6.05. The zero-order valence-corrected chi connectivity index (χ0v) is 10.4. The maximum absolute atomic E-state index is 9.57. The molecular weight excluding hydrogens is 206 g/mol. The first kappa shape index (κ1) is 12.4. The van der Waals surface area contributed by atoms with Gasteiger partial charge in [-0.05, 0) is 38.8 Å². The van der Waals surface area contributed by atoms with Crippen molar-refractivity contribution in [2.45, 2.75) is 37.7 Å². The van der Waals surface area contributed by atoms with Crippen LogP contribution in [-0.4, -0.2) is 16.5 Å². The molecule has 0 atom stereocenters. The predicted molar refractivity (Wildman–Crippen MR) is 67.2 cm³/mol. The van der Waals surface area contributed by atoms with Gasteiger partial charge in [0.2, 0.25) is 0 Å². The van der Waals surface area contributed by atoms with Crippen molar-refractivity contribution in [2.75, 3.05) is 11.5 Å². The Morgan fingerprint density at radius 2 is 2.07 bits per heavy atom. The summed E-state index contributed by atoms with van der Waals surface area (Å²) in [5.74, 6) is 0.886. The molecule has 0 radical (unpaired) electrons. The number of aliphatic hydroxyl groups is 1. The smallest absolute Gasteiger partial charge is 0.0599 e. The largest absolute Gasteiger partial charge is 0.398 e. The fourth-order valence-electron chi connectivity index (χ4n) is 1.19. The van der Waals surface area contributed by atoms with Gasteiger partial charge in [0.25, 0.3) is 0 Å². The van der Waals surface area contributed by atoms with Gasteiger partial charge in [-0.1, -0.05) is 12.1 Å². The SMILES string of the molecule is Cc1cccc(SCCC(C)(C)O)c1N. The summed E-state index contributed by atoms with van der Waals surface area (Å²) in [6.07, 6.45) is 0.769. The number of nitrogens with two attached hydrogens (primary N) is 1. The van der Waals surface area contributed by atoms with Crippen molar-refractivity contribution in [3.05, 3.63) is 23.8 Å². The second-order valence-electron chi connectivity index (χ2n) is 4.40. The predicted octanol–water partition coefficient (Wildman–Crippen LogP) is 2.83. The lowest BCUT2D eigenvalue weighted by atomic mass is 10.1. The maximum atomic E-state index is 9.57. The molecule has 84 valence electrons. The zero-order chi connectivity index (χ0) is 11.5. The van der Waals surface area contributed by atoms with Gasteiger partial charge < -0.3 is 10.8 Å². The molecule has 0 heterocycles. The van der Waals surface area contributed by atoms with E-state index in [1.807, 2.05) is 39.0 Å². The van der Waals surface area contributed by atoms with E-state index in [1.54, 1.807) is 11.8 Å². The molecule has 1 aromatic rings. The van der Waals surface area contributed by atoms with Crippen molar-refractivity contribution in [3.8, 4) is 0 Å². The number of para-hydroxylation sites is 1. The summed E-state index contributed by atoms with van der Waals surface area (Å²) in [5.41, 5.74) is 7.33. The molecule has 0 unspecified atom stereocenters. The second-order valence-corrected chi connectivity index (χ2v) is 5.53. The number of hydrogen-bond donors (Lipinski definition) is 2. The molecule has 0 aliphatic rings. The van der Waals surface area contributed by atoms with Gasteiger partial charge in [0.05, 0.1) is 5.60 Å². The highest BCUT2D eigenvalue weighted by Gasteiger charge is 2.12. The van der Waals surface area contributed by atoms with E-state index in [0.29, 0.717) is 0 Å². The van der Waals surface area contributed by atoms with Gasteiger partial charge in [0.1, 0.15) is 0 Å². The minimum Gasteiger partial charge on any atom is -0.398 e. The lowest BCUT2D eigenvalue weighted by Crippen LogP contribution is -2.19. The van der Waals surface area contributed by atoms with Gasteiger partial charge in [0.15, 0.2) is 0 Å². The first-order valence-corrected chi connectivity index (χ1v) is 6.09. The van der Waals surface area contributed by atoms with Crippen LogP contribution in [-0.2, 0) is 0 Å². The number of nitrogen functional groups attached to an aromatic ring is 1. The third kappa shape index (κ3) is 4.14. The third-order valence-electron chi connectivity index (χ3n) is 2.26. The number of benzene rings is 1. The van der Waals surface area contributed by atoms with Gasteiger partial charge >= 0.3 is 0 Å². The second kappa shape index (κ2) is 4.90. The molecule has 0 aromatic heterocycles. The van der Waals surface area contributed by atoms with E-state index in [1.165, 1.54) is 0 Å². The van der Waals surface area contributed by atoms with Crippen LogP contribution in [0.3, 0.4) is 0 Å². The molecule has 2 nitrogen and oxygen atoms in total. The summed E-state index contributed by atoms with van der Waals surface area (Å²) in [4.78, 5) is 1.11. The minimum atomic E-state index is -0.592. The van der Waals surface area contributed by atoms with Crippen LogP contribution in [0.5, 0.6) is 0 Å². The first-order valence-electron chi connectivity index (χ1n) is 5.10. The van der Waals surface area contributed by atoms with Crippen molar-refractivity contribution in [1.29, 1.82) is 0 Å². The quantitative estimate of drug-likeness (QED) is 0.612. The number of anilines is 1. The molecule has 1 aromatic carbocycles. The molecule has 3 heteroatoms. The summed E-state index contributed by atoms with van der Waals surface area (Å²) in [6.45, 7) is 5.66. The van der Waals surface area contributed by atoms with Gasteiger partial charge in [-0.15, -0.1) is 11.8 Å². The average molecular weight is 225 g/mol. The van der Waals surface area contributed by atoms with Gasteiger partial charge in [0, 0.05) is 16.3 Å². The molecule has 0 saturated carbocycles. The molecular formula is C12H19NOS. The van der Waals surface area contributed by atoms with Crippen LogP contribution in [0.1, 0.15) is 25.8 Å². The van der Waals surface area contributed by atoms with E-state index in [9.17, 15) is 5.11 Å². The fraction of sp³-hybridized carbons (Fsp3) is 0.500. The Morgan fingerprint density at radius 1 is 1.40 bits per heavy atom. The van der Waals surface area contributed by atoms with E-state index >= 15 is 0 Å². The number of thioether (sulfide) groups is 1. The van der Waals surface area contributed by atoms with Crippen LogP contribution in [0.25, 0.3) is 0 Å². The van der Waals surface area contributed by atoms with Crippen molar-refractivity contribution in [2.24, 2.45) is 0 Å². The Kier molecular flexibility index (Phi) is 4.05. The summed E-state index contributed by atoms with van der Waals surface area (Å²) >= 11 is 1.70.